The molecule has 2 N–H and O–H groups in total. The fourth-order valence-corrected chi connectivity index (χ4v) is 1.66. The minimum absolute atomic E-state index is 0.131. The van der Waals surface area contributed by atoms with E-state index in [1.165, 1.54) is 6.07 Å². The van der Waals surface area contributed by atoms with Crippen molar-refractivity contribution in [1.82, 2.24) is 5.32 Å². The third-order valence-electron chi connectivity index (χ3n) is 2.18. The molecule has 1 rings (SSSR count). The van der Waals surface area contributed by atoms with Crippen molar-refractivity contribution in [2.75, 3.05) is 12.7 Å². The van der Waals surface area contributed by atoms with E-state index in [-0.39, 0.29) is 21.2 Å². The molecule has 9 heteroatoms. The minimum atomic E-state index is -0.887. The summed E-state index contributed by atoms with van der Waals surface area (Å²) in [5.41, 5.74) is 0.522. The average Bonchev–Trinajstić information content (AvgIpc) is 2.58. The number of carbonyl (C=O) groups is 1. The number of rotatable bonds is 8. The zero-order chi connectivity index (χ0) is 20.4. The van der Waals surface area contributed by atoms with Crippen LogP contribution in [0, 0.1) is 16.0 Å². The number of amides is 1. The second-order valence-electron chi connectivity index (χ2n) is 5.45. The monoisotopic (exact) mass is 390 g/mol. The van der Waals surface area contributed by atoms with Gasteiger partial charge < -0.3 is 19.8 Å². The topological polar surface area (TPSA) is 111 Å². The number of hydrogen-bond acceptors (Lipinski definition) is 6. The first kappa shape index (κ1) is 26.3. The molecular weight excluding hydrogens is 359 g/mol. The zero-order valence-electron chi connectivity index (χ0n) is 16.2. The predicted octanol–water partition coefficient (Wildman–Crippen LogP) is 4.15. The Kier molecular flexibility index (Phi) is 18.1. The van der Waals surface area contributed by atoms with Crippen LogP contribution in [-0.4, -0.2) is 28.8 Å². The van der Waals surface area contributed by atoms with Gasteiger partial charge in [0.1, 0.15) is 12.4 Å². The maximum atomic E-state index is 11.4. The molecule has 0 aliphatic heterocycles. The first-order valence-electron chi connectivity index (χ1n) is 8.54. The lowest BCUT2D eigenvalue weighted by Crippen LogP contribution is -2.28. The lowest BCUT2D eigenvalue weighted by molar-refractivity contribution is -0.763. The Bertz CT molecular complexity index is 497. The Morgan fingerprint density at radius 1 is 1.35 bits per heavy atom. The van der Waals surface area contributed by atoms with Crippen LogP contribution in [0.3, 0.4) is 0 Å². The summed E-state index contributed by atoms with van der Waals surface area (Å²) < 4.78 is 5.01. The number of hydrogen-bond donors (Lipinski definition) is 2. The lowest BCUT2D eigenvalue weighted by atomic mass is 10.2. The Labute approximate surface area is 157 Å². The quantitative estimate of drug-likeness (QED) is 0.299. The fraction of sp³-hybridized carbons (Fsp3) is 0.588. The third-order valence-corrected chi connectivity index (χ3v) is 2.76. The smallest absolute Gasteiger partial charge is 0.410 e. The van der Waals surface area contributed by atoms with Crippen molar-refractivity contribution in [3.05, 3.63) is 39.9 Å². The zero-order valence-corrected chi connectivity index (χ0v) is 17.2. The van der Waals surface area contributed by atoms with Crippen LogP contribution in [-0.2, 0) is 11.4 Å². The van der Waals surface area contributed by atoms with Gasteiger partial charge in [-0.15, -0.1) is 10.1 Å². The minimum Gasteiger partial charge on any atom is -0.410 e. The summed E-state index contributed by atoms with van der Waals surface area (Å²) in [6.07, 6.45) is 0.688. The number of benzene rings is 1. The Hall–Kier alpha value is -1.92. The molecule has 0 aliphatic rings. The standard InChI is InChI=1S/C11H15N2O6P.C4H10.C2H6/c14-11(12-5-2-6-20-17)19-10-4-1-3-9(7-10)8-18-13(15)16;1-4(2)3;1-2/h1,3-4,7,17,20H,2,5-6,8H2,(H,12,14);4H,1-3H3;1-2H3. The van der Waals surface area contributed by atoms with E-state index in [0.29, 0.717) is 24.7 Å². The van der Waals surface area contributed by atoms with Crippen molar-refractivity contribution in [2.45, 2.75) is 47.6 Å². The Morgan fingerprint density at radius 2 is 1.96 bits per heavy atom. The van der Waals surface area contributed by atoms with Crippen LogP contribution in [0.5, 0.6) is 5.75 Å². The van der Waals surface area contributed by atoms with E-state index < -0.39 is 11.2 Å². The van der Waals surface area contributed by atoms with Crippen LogP contribution in [0.2, 0.25) is 0 Å². The van der Waals surface area contributed by atoms with Crippen molar-refractivity contribution in [1.29, 1.82) is 0 Å². The van der Waals surface area contributed by atoms with Gasteiger partial charge in [-0.1, -0.05) is 46.8 Å². The van der Waals surface area contributed by atoms with Crippen LogP contribution in [0.4, 0.5) is 4.79 Å². The summed E-state index contributed by atoms with van der Waals surface area (Å²) in [5.74, 6) is 1.11. The maximum absolute atomic E-state index is 11.4. The van der Waals surface area contributed by atoms with Crippen LogP contribution < -0.4 is 10.1 Å². The molecule has 0 fully saturated rings. The lowest BCUT2D eigenvalue weighted by Gasteiger charge is -2.07. The first-order valence-corrected chi connectivity index (χ1v) is 9.69. The first-order chi connectivity index (χ1) is 12.3. The highest BCUT2D eigenvalue weighted by Crippen LogP contribution is 2.14. The molecule has 0 radical (unpaired) electrons. The molecule has 0 spiro atoms. The molecule has 150 valence electrons. The number of carbonyl (C=O) groups excluding carboxylic acids is 1. The normalized spacial score (nSPS) is 9.65. The van der Waals surface area contributed by atoms with Gasteiger partial charge in [0, 0.05) is 15.4 Å². The van der Waals surface area contributed by atoms with Crippen molar-refractivity contribution < 1.29 is 24.3 Å². The van der Waals surface area contributed by atoms with Gasteiger partial charge in [0.05, 0.1) is 0 Å². The Balaban J connectivity index is 0. The molecule has 1 aromatic rings. The highest BCUT2D eigenvalue weighted by molar-refractivity contribution is 7.31. The molecule has 0 heterocycles. The van der Waals surface area contributed by atoms with Crippen LogP contribution in [0.25, 0.3) is 0 Å². The summed E-state index contributed by atoms with van der Waals surface area (Å²) in [5, 5.41) is 11.7. The molecule has 0 bridgehead atoms. The average molecular weight is 390 g/mol. The van der Waals surface area contributed by atoms with Crippen LogP contribution >= 0.6 is 8.81 Å². The van der Waals surface area contributed by atoms with Gasteiger partial charge in [-0.05, 0) is 36.2 Å². The van der Waals surface area contributed by atoms with Crippen LogP contribution in [0.1, 0.15) is 46.6 Å². The molecule has 1 amide bonds. The maximum Gasteiger partial charge on any atom is 0.412 e. The number of nitrogens with zero attached hydrogens (tertiary/aromatic N) is 1. The molecule has 26 heavy (non-hydrogen) atoms. The SMILES string of the molecule is CC.CC(C)C.O=C(NCCCPO)Oc1cccc(CO[N+](=O)[O-])c1. The van der Waals surface area contributed by atoms with E-state index in [4.69, 9.17) is 9.63 Å². The highest BCUT2D eigenvalue weighted by atomic mass is 31.1. The molecule has 0 aliphatic carbocycles. The van der Waals surface area contributed by atoms with Crippen molar-refractivity contribution in [3.63, 3.8) is 0 Å². The van der Waals surface area contributed by atoms with Gasteiger partial charge in [-0.2, -0.15) is 0 Å². The van der Waals surface area contributed by atoms with E-state index in [1.54, 1.807) is 18.2 Å². The Morgan fingerprint density at radius 3 is 2.50 bits per heavy atom. The second-order valence-corrected chi connectivity index (χ2v) is 6.27. The second kappa shape index (κ2) is 17.9. The van der Waals surface area contributed by atoms with Crippen molar-refractivity contribution in [3.8, 4) is 5.75 Å². The van der Waals surface area contributed by atoms with Gasteiger partial charge >= 0.3 is 6.09 Å². The fourth-order valence-electron chi connectivity index (χ4n) is 1.33. The summed E-state index contributed by atoms with van der Waals surface area (Å²) in [4.78, 5) is 34.3. The van der Waals surface area contributed by atoms with Crippen LogP contribution in [0.15, 0.2) is 24.3 Å². The van der Waals surface area contributed by atoms with Gasteiger partial charge in [0.25, 0.3) is 5.09 Å². The number of nitrogens with one attached hydrogen (secondary N) is 1. The summed E-state index contributed by atoms with van der Waals surface area (Å²) in [7, 11) is -0.131. The third kappa shape index (κ3) is 18.4. The van der Waals surface area contributed by atoms with E-state index in [0.717, 1.165) is 5.92 Å². The van der Waals surface area contributed by atoms with E-state index >= 15 is 0 Å². The van der Waals surface area contributed by atoms with Crippen molar-refractivity contribution in [2.24, 2.45) is 5.92 Å². The molecular formula is C17H31N2O6P. The molecule has 0 aromatic heterocycles. The van der Waals surface area contributed by atoms with Gasteiger partial charge in [0.15, 0.2) is 0 Å². The van der Waals surface area contributed by atoms with Gasteiger partial charge in [-0.3, -0.25) is 0 Å². The summed E-state index contributed by atoms with van der Waals surface area (Å²) in [6, 6.07) is 6.27. The predicted molar refractivity (Wildman–Crippen MR) is 104 cm³/mol. The largest absolute Gasteiger partial charge is 0.412 e. The molecule has 1 atom stereocenters. The summed E-state index contributed by atoms with van der Waals surface area (Å²) >= 11 is 0. The molecule has 0 saturated carbocycles. The van der Waals surface area contributed by atoms with E-state index in [1.807, 2.05) is 13.8 Å². The molecule has 1 unspecified atom stereocenters. The molecule has 0 saturated heterocycles. The van der Waals surface area contributed by atoms with E-state index in [2.05, 4.69) is 30.9 Å². The van der Waals surface area contributed by atoms with Crippen molar-refractivity contribution >= 4 is 14.9 Å². The molecule has 8 nitrogen and oxygen atoms in total. The van der Waals surface area contributed by atoms with Gasteiger partial charge in [-0.25, -0.2) is 4.79 Å². The summed E-state index contributed by atoms with van der Waals surface area (Å²) in [6.45, 7) is 10.7. The number of ether oxygens (including phenoxy) is 1. The van der Waals surface area contributed by atoms with Gasteiger partial charge in [0.2, 0.25) is 0 Å². The van der Waals surface area contributed by atoms with E-state index in [9.17, 15) is 14.9 Å². The molecule has 1 aromatic carbocycles. The highest BCUT2D eigenvalue weighted by Gasteiger charge is 2.05.